The van der Waals surface area contributed by atoms with Gasteiger partial charge in [-0.1, -0.05) is 6.42 Å². The van der Waals surface area contributed by atoms with E-state index in [1.165, 1.54) is 6.07 Å². The highest BCUT2D eigenvalue weighted by molar-refractivity contribution is 9.10. The molecule has 2 atom stereocenters. The van der Waals surface area contributed by atoms with E-state index in [9.17, 15) is 9.18 Å². The molecule has 1 amide bonds. The summed E-state index contributed by atoms with van der Waals surface area (Å²) in [7, 11) is 0. The molecule has 5 heteroatoms. The molecule has 1 fully saturated rings. The van der Waals surface area contributed by atoms with E-state index in [-0.39, 0.29) is 11.9 Å². The Bertz CT molecular complexity index is 453. The van der Waals surface area contributed by atoms with E-state index >= 15 is 0 Å². The van der Waals surface area contributed by atoms with Gasteiger partial charge in [-0.3, -0.25) is 4.79 Å². The normalized spacial score (nSPS) is 23.1. The first-order chi connectivity index (χ1) is 8.61. The first-order valence-corrected chi connectivity index (χ1v) is 6.87. The molecule has 0 spiro atoms. The molecule has 1 aromatic rings. The summed E-state index contributed by atoms with van der Waals surface area (Å²) >= 11 is 3.06. The van der Waals surface area contributed by atoms with Gasteiger partial charge in [0.15, 0.2) is 0 Å². The van der Waals surface area contributed by atoms with Crippen LogP contribution in [0.3, 0.4) is 0 Å². The number of halogens is 2. The zero-order chi connectivity index (χ0) is 13.1. The van der Waals surface area contributed by atoms with Gasteiger partial charge in [-0.2, -0.15) is 0 Å². The molecule has 0 aromatic heterocycles. The summed E-state index contributed by atoms with van der Waals surface area (Å²) in [5.41, 5.74) is 6.01. The maximum Gasteiger partial charge on any atom is 0.251 e. The molecule has 1 saturated carbocycles. The van der Waals surface area contributed by atoms with Crippen LogP contribution in [0.5, 0.6) is 0 Å². The summed E-state index contributed by atoms with van der Waals surface area (Å²) in [6, 6.07) is 4.51. The van der Waals surface area contributed by atoms with Crippen LogP contribution in [-0.4, -0.2) is 18.5 Å². The highest BCUT2D eigenvalue weighted by atomic mass is 79.9. The molecule has 3 nitrogen and oxygen atoms in total. The van der Waals surface area contributed by atoms with E-state index in [1.54, 1.807) is 12.1 Å². The Morgan fingerprint density at radius 1 is 1.50 bits per heavy atom. The van der Waals surface area contributed by atoms with Crippen molar-refractivity contribution >= 4 is 21.8 Å². The number of benzene rings is 1. The van der Waals surface area contributed by atoms with Crippen LogP contribution in [0, 0.1) is 11.7 Å². The van der Waals surface area contributed by atoms with Crippen LogP contribution >= 0.6 is 15.9 Å². The van der Waals surface area contributed by atoms with E-state index in [0.717, 1.165) is 19.3 Å². The number of hydrogen-bond acceptors (Lipinski definition) is 2. The quantitative estimate of drug-likeness (QED) is 0.900. The highest BCUT2D eigenvalue weighted by Crippen LogP contribution is 2.25. The van der Waals surface area contributed by atoms with Gasteiger partial charge in [-0.05, 0) is 59.4 Å². The van der Waals surface area contributed by atoms with Gasteiger partial charge in [0.25, 0.3) is 5.91 Å². The Balaban J connectivity index is 2.05. The number of nitrogens with two attached hydrogens (primary N) is 1. The lowest BCUT2D eigenvalue weighted by molar-refractivity contribution is 0.0928. The van der Waals surface area contributed by atoms with Crippen molar-refractivity contribution in [2.75, 3.05) is 6.54 Å². The van der Waals surface area contributed by atoms with Gasteiger partial charge in [0.1, 0.15) is 5.82 Å². The fourth-order valence-electron chi connectivity index (χ4n) is 2.40. The molecule has 1 aliphatic rings. The molecular formula is C13H16BrFN2O. The van der Waals surface area contributed by atoms with Gasteiger partial charge in [-0.25, -0.2) is 4.39 Å². The van der Waals surface area contributed by atoms with Crippen LogP contribution in [0.1, 0.15) is 29.6 Å². The Morgan fingerprint density at radius 3 is 2.94 bits per heavy atom. The highest BCUT2D eigenvalue weighted by Gasteiger charge is 2.27. The maximum absolute atomic E-state index is 13.3. The second kappa shape index (κ2) is 5.80. The van der Waals surface area contributed by atoms with Crippen LogP contribution < -0.4 is 11.1 Å². The van der Waals surface area contributed by atoms with Crippen molar-refractivity contribution in [1.29, 1.82) is 0 Å². The fraction of sp³-hybridized carbons (Fsp3) is 0.462. The number of amides is 1. The Kier molecular flexibility index (Phi) is 4.35. The van der Waals surface area contributed by atoms with Gasteiger partial charge >= 0.3 is 0 Å². The van der Waals surface area contributed by atoms with Crippen molar-refractivity contribution in [3.05, 3.63) is 34.1 Å². The van der Waals surface area contributed by atoms with Crippen molar-refractivity contribution in [3.63, 3.8) is 0 Å². The van der Waals surface area contributed by atoms with Crippen LogP contribution in [0.4, 0.5) is 4.39 Å². The van der Waals surface area contributed by atoms with Gasteiger partial charge < -0.3 is 11.1 Å². The number of nitrogens with one attached hydrogen (secondary N) is 1. The minimum absolute atomic E-state index is 0.120. The zero-order valence-electron chi connectivity index (χ0n) is 9.96. The summed E-state index contributed by atoms with van der Waals surface area (Å²) in [5, 5.41) is 2.94. The minimum atomic E-state index is -0.426. The predicted octanol–water partition coefficient (Wildman–Crippen LogP) is 2.45. The lowest BCUT2D eigenvalue weighted by Crippen LogP contribution is -2.39. The lowest BCUT2D eigenvalue weighted by Gasteiger charge is -2.19. The molecule has 1 aromatic carbocycles. The number of carbonyl (C=O) groups excluding carboxylic acids is 1. The second-order valence-corrected chi connectivity index (χ2v) is 5.49. The summed E-state index contributed by atoms with van der Waals surface area (Å²) < 4.78 is 13.7. The molecule has 0 aliphatic heterocycles. The maximum atomic E-state index is 13.3. The van der Waals surface area contributed by atoms with Gasteiger partial charge in [0, 0.05) is 11.6 Å². The summed E-state index contributed by atoms with van der Waals surface area (Å²) in [4.78, 5) is 12.0. The van der Waals surface area contributed by atoms with Crippen LogP contribution in [-0.2, 0) is 0 Å². The molecular weight excluding hydrogens is 299 g/mol. The third-order valence-electron chi connectivity index (χ3n) is 3.46. The van der Waals surface area contributed by atoms with Gasteiger partial charge in [0.05, 0.1) is 4.47 Å². The lowest BCUT2D eigenvalue weighted by atomic mass is 10.0. The van der Waals surface area contributed by atoms with E-state index in [1.807, 2.05) is 0 Å². The molecule has 0 heterocycles. The Labute approximate surface area is 114 Å². The van der Waals surface area contributed by atoms with Crippen molar-refractivity contribution in [3.8, 4) is 0 Å². The summed E-state index contributed by atoms with van der Waals surface area (Å²) in [5.74, 6) is -0.314. The predicted molar refractivity (Wildman–Crippen MR) is 71.7 cm³/mol. The standard InChI is InChI=1S/C13H16BrFN2O/c14-10-5-4-8(6-11(10)15)13(18)17-12-3-1-2-9(12)7-16/h4-6,9,12H,1-3,7,16H2,(H,17,18). The third kappa shape index (κ3) is 2.90. The molecule has 0 bridgehead atoms. The van der Waals surface area contributed by atoms with E-state index in [0.29, 0.717) is 22.5 Å². The van der Waals surface area contributed by atoms with Crippen molar-refractivity contribution in [2.24, 2.45) is 11.7 Å². The zero-order valence-corrected chi connectivity index (χ0v) is 11.5. The van der Waals surface area contributed by atoms with E-state index in [2.05, 4.69) is 21.2 Å². The molecule has 2 unspecified atom stereocenters. The Hall–Kier alpha value is -0.940. The van der Waals surface area contributed by atoms with Gasteiger partial charge in [-0.15, -0.1) is 0 Å². The number of carbonyl (C=O) groups is 1. The molecule has 98 valence electrons. The van der Waals surface area contributed by atoms with E-state index in [4.69, 9.17) is 5.73 Å². The molecule has 1 aliphatic carbocycles. The van der Waals surface area contributed by atoms with Crippen LogP contribution in [0.2, 0.25) is 0 Å². The smallest absolute Gasteiger partial charge is 0.251 e. The molecule has 2 rings (SSSR count). The third-order valence-corrected chi connectivity index (χ3v) is 4.10. The molecule has 18 heavy (non-hydrogen) atoms. The molecule has 0 saturated heterocycles. The van der Waals surface area contributed by atoms with Crippen LogP contribution in [0.15, 0.2) is 22.7 Å². The summed E-state index contributed by atoms with van der Waals surface area (Å²) in [6.07, 6.45) is 3.09. The van der Waals surface area contributed by atoms with Crippen molar-refractivity contribution in [2.45, 2.75) is 25.3 Å². The van der Waals surface area contributed by atoms with Crippen LogP contribution in [0.25, 0.3) is 0 Å². The topological polar surface area (TPSA) is 55.1 Å². The molecule has 0 radical (unpaired) electrons. The summed E-state index contributed by atoms with van der Waals surface area (Å²) in [6.45, 7) is 0.583. The SMILES string of the molecule is NCC1CCCC1NC(=O)c1ccc(Br)c(F)c1. The monoisotopic (exact) mass is 314 g/mol. The molecule has 3 N–H and O–H groups in total. The first kappa shape index (κ1) is 13.5. The van der Waals surface area contributed by atoms with E-state index < -0.39 is 5.82 Å². The first-order valence-electron chi connectivity index (χ1n) is 6.08. The Morgan fingerprint density at radius 2 is 2.28 bits per heavy atom. The average molecular weight is 315 g/mol. The number of rotatable bonds is 3. The van der Waals surface area contributed by atoms with Gasteiger partial charge in [0.2, 0.25) is 0 Å². The average Bonchev–Trinajstić information content (AvgIpc) is 2.79. The fourth-order valence-corrected chi connectivity index (χ4v) is 2.64. The number of hydrogen-bond donors (Lipinski definition) is 2. The second-order valence-electron chi connectivity index (χ2n) is 4.64. The minimum Gasteiger partial charge on any atom is -0.349 e. The largest absolute Gasteiger partial charge is 0.349 e. The van der Waals surface area contributed by atoms with Crippen molar-refractivity contribution < 1.29 is 9.18 Å². The van der Waals surface area contributed by atoms with Crippen molar-refractivity contribution in [1.82, 2.24) is 5.32 Å².